The van der Waals surface area contributed by atoms with Crippen LogP contribution in [0.2, 0.25) is 10.2 Å². The molecule has 2 aliphatic heterocycles. The van der Waals surface area contributed by atoms with Crippen LogP contribution in [-0.4, -0.2) is 91.4 Å². The fourth-order valence-corrected chi connectivity index (χ4v) is 6.33. The number of carbonyl (C=O) groups is 4. The zero-order valence-corrected chi connectivity index (χ0v) is 28.8. The molecule has 0 saturated carbocycles. The molecule has 0 radical (unpaired) electrons. The van der Waals surface area contributed by atoms with Crippen molar-refractivity contribution in [1.29, 1.82) is 0 Å². The van der Waals surface area contributed by atoms with Gasteiger partial charge in [-0.05, 0) is 55.1 Å². The van der Waals surface area contributed by atoms with Gasteiger partial charge in [-0.3, -0.25) is 14.4 Å². The highest BCUT2D eigenvalue weighted by molar-refractivity contribution is 6.33. The molecule has 4 N–H and O–H groups in total. The van der Waals surface area contributed by atoms with Crippen molar-refractivity contribution in [2.75, 3.05) is 31.5 Å². The topological polar surface area (TPSA) is 163 Å². The van der Waals surface area contributed by atoms with E-state index in [1.54, 1.807) is 11.0 Å². The average molecular weight is 730 g/mol. The zero-order chi connectivity index (χ0) is 36.4. The van der Waals surface area contributed by atoms with E-state index in [1.807, 2.05) is 10.6 Å². The van der Waals surface area contributed by atoms with E-state index in [4.69, 9.17) is 33.1 Å². The van der Waals surface area contributed by atoms with Gasteiger partial charge >= 0.3 is 12.1 Å². The van der Waals surface area contributed by atoms with Crippen LogP contribution < -0.4 is 16.0 Å². The molecule has 1 aromatic carbocycles. The molecular formula is C31H37Cl2F3N8O5. The van der Waals surface area contributed by atoms with Gasteiger partial charge in [0.05, 0.1) is 18.1 Å². The number of likely N-dealkylation sites (tertiary alicyclic amines) is 1. The number of carboxylic acid groups (broad SMARTS) is 1. The molecule has 49 heavy (non-hydrogen) atoms. The molecule has 2 saturated heterocycles. The molecule has 0 bridgehead atoms. The maximum Gasteiger partial charge on any atom is 0.490 e. The molecule has 0 aliphatic carbocycles. The molecule has 0 unspecified atom stereocenters. The number of fused-ring (bicyclic) bond motifs is 1. The Kier molecular flexibility index (Phi) is 11.3. The van der Waals surface area contributed by atoms with E-state index in [9.17, 15) is 27.6 Å². The van der Waals surface area contributed by atoms with Gasteiger partial charge in [0.1, 0.15) is 11.5 Å². The van der Waals surface area contributed by atoms with E-state index >= 15 is 0 Å². The molecule has 18 heteroatoms. The fraction of sp³-hybridized carbons (Fsp3) is 0.484. The molecule has 266 valence electrons. The molecule has 3 aromatic rings. The lowest BCUT2D eigenvalue weighted by atomic mass is 9.86. The van der Waals surface area contributed by atoms with Crippen molar-refractivity contribution in [3.8, 4) is 0 Å². The molecule has 5 rings (SSSR count). The van der Waals surface area contributed by atoms with Gasteiger partial charge in [-0.1, -0.05) is 50.6 Å². The number of nitrogens with one attached hydrogen (secondary N) is 3. The summed E-state index contributed by atoms with van der Waals surface area (Å²) in [6, 6.07) is 3.58. The SMILES string of the molecule is C=CC(=O)N1CC(NC(=O)c2c(Cl)nc(CNc3nn(C(C)=O)c4cc(Cl)c(C(C)(C)C)cc34)n2C2CCNCC2)C1.O=C(O)C(F)(F)F. The van der Waals surface area contributed by atoms with Crippen molar-refractivity contribution in [2.24, 2.45) is 0 Å². The van der Waals surface area contributed by atoms with Crippen LogP contribution >= 0.6 is 23.2 Å². The van der Waals surface area contributed by atoms with E-state index in [2.05, 4.69) is 53.4 Å². The predicted molar refractivity (Wildman–Crippen MR) is 177 cm³/mol. The molecule has 0 spiro atoms. The van der Waals surface area contributed by atoms with E-state index in [0.29, 0.717) is 41.0 Å². The number of aromatic nitrogens is 4. The molecule has 4 heterocycles. The minimum atomic E-state index is -5.08. The maximum atomic E-state index is 13.5. The third-order valence-electron chi connectivity index (χ3n) is 8.06. The van der Waals surface area contributed by atoms with Crippen LogP contribution in [-0.2, 0) is 21.5 Å². The van der Waals surface area contributed by atoms with Crippen molar-refractivity contribution >= 4 is 63.6 Å². The van der Waals surface area contributed by atoms with Gasteiger partial charge in [-0.2, -0.15) is 17.9 Å². The largest absolute Gasteiger partial charge is 0.490 e. The number of halogens is 5. The number of alkyl halides is 3. The van der Waals surface area contributed by atoms with Crippen LogP contribution in [0, 0.1) is 0 Å². The van der Waals surface area contributed by atoms with E-state index < -0.39 is 12.1 Å². The monoisotopic (exact) mass is 728 g/mol. The number of amides is 2. The first-order valence-corrected chi connectivity index (χ1v) is 16.1. The molecule has 13 nitrogen and oxygen atoms in total. The number of carboxylic acids is 1. The summed E-state index contributed by atoms with van der Waals surface area (Å²) in [6.07, 6.45) is -2.21. The van der Waals surface area contributed by atoms with E-state index in [-0.39, 0.29) is 46.9 Å². The van der Waals surface area contributed by atoms with Gasteiger partial charge in [-0.25, -0.2) is 9.78 Å². The minimum absolute atomic E-state index is 0.0156. The van der Waals surface area contributed by atoms with Crippen molar-refractivity contribution in [1.82, 2.24) is 34.9 Å². The van der Waals surface area contributed by atoms with Crippen LogP contribution in [0.25, 0.3) is 10.9 Å². The van der Waals surface area contributed by atoms with Gasteiger partial charge in [-0.15, -0.1) is 5.10 Å². The van der Waals surface area contributed by atoms with Crippen LogP contribution in [0.3, 0.4) is 0 Å². The summed E-state index contributed by atoms with van der Waals surface area (Å²) in [5.74, 6) is -2.40. The highest BCUT2D eigenvalue weighted by Crippen LogP contribution is 2.36. The normalized spacial score (nSPS) is 15.7. The lowest BCUT2D eigenvalue weighted by molar-refractivity contribution is -0.192. The Hall–Kier alpha value is -4.15. The summed E-state index contributed by atoms with van der Waals surface area (Å²) in [4.78, 5) is 52.9. The minimum Gasteiger partial charge on any atom is -0.475 e. The van der Waals surface area contributed by atoms with Gasteiger partial charge in [0.2, 0.25) is 11.8 Å². The second-order valence-corrected chi connectivity index (χ2v) is 13.4. The molecular weight excluding hydrogens is 692 g/mol. The molecule has 2 fully saturated rings. The number of imidazole rings is 1. The summed E-state index contributed by atoms with van der Waals surface area (Å²) < 4.78 is 35.0. The summed E-state index contributed by atoms with van der Waals surface area (Å²) >= 11 is 13.2. The summed E-state index contributed by atoms with van der Waals surface area (Å²) in [6.45, 7) is 13.8. The van der Waals surface area contributed by atoms with Crippen molar-refractivity contribution in [3.05, 3.63) is 52.0 Å². The van der Waals surface area contributed by atoms with Gasteiger partial charge in [0, 0.05) is 36.5 Å². The number of anilines is 1. The molecule has 2 amide bonds. The van der Waals surface area contributed by atoms with Crippen LogP contribution in [0.15, 0.2) is 24.8 Å². The number of hydrogen-bond donors (Lipinski definition) is 4. The highest BCUT2D eigenvalue weighted by Gasteiger charge is 2.38. The number of benzene rings is 1. The van der Waals surface area contributed by atoms with E-state index in [0.717, 1.165) is 36.9 Å². The standard InChI is InChI=1S/C29H36Cl2N8O3.C2HF3O2/c1-6-24(41)37-14-17(15-37)34-28(42)25-26(31)35-23(38(25)18-7-9-32-10-8-18)13-33-27-19-11-20(29(3,4)5)21(30)12-22(19)39(36-27)16(2)40;3-2(4,5)1(6)7/h6,11-12,17-18,32H,1,7-10,13-15H2,2-5H3,(H,33,36)(H,34,42);(H,6,7). The number of rotatable bonds is 7. The summed E-state index contributed by atoms with van der Waals surface area (Å²) in [5.41, 5.74) is 1.62. The first-order chi connectivity index (χ1) is 22.8. The highest BCUT2D eigenvalue weighted by atomic mass is 35.5. The lowest BCUT2D eigenvalue weighted by Crippen LogP contribution is -2.60. The van der Waals surface area contributed by atoms with Crippen molar-refractivity contribution < 1.29 is 37.5 Å². The Morgan fingerprint density at radius 2 is 1.73 bits per heavy atom. The van der Waals surface area contributed by atoms with Crippen LogP contribution in [0.5, 0.6) is 0 Å². The number of carbonyl (C=O) groups excluding carboxylic acids is 3. The fourth-order valence-electron chi connectivity index (χ4n) is 5.61. The first-order valence-electron chi connectivity index (χ1n) is 15.3. The molecule has 2 aromatic heterocycles. The van der Waals surface area contributed by atoms with Crippen molar-refractivity contribution in [3.63, 3.8) is 0 Å². The maximum absolute atomic E-state index is 13.5. The average Bonchev–Trinajstić information content (AvgIpc) is 3.53. The number of nitrogens with zero attached hydrogens (tertiary/aromatic N) is 5. The predicted octanol–water partition coefficient (Wildman–Crippen LogP) is 4.79. The van der Waals surface area contributed by atoms with Gasteiger partial charge < -0.3 is 30.5 Å². The second-order valence-electron chi connectivity index (χ2n) is 12.7. The number of piperidine rings is 1. The third-order valence-corrected chi connectivity index (χ3v) is 8.64. The summed E-state index contributed by atoms with van der Waals surface area (Å²) in [7, 11) is 0. The third kappa shape index (κ3) is 8.54. The quantitative estimate of drug-likeness (QED) is 0.251. The molecule has 2 aliphatic rings. The van der Waals surface area contributed by atoms with Crippen molar-refractivity contribution in [2.45, 2.75) is 70.8 Å². The summed E-state index contributed by atoms with van der Waals surface area (Å²) in [5, 5.41) is 22.8. The lowest BCUT2D eigenvalue weighted by Gasteiger charge is -2.39. The van der Waals surface area contributed by atoms with Crippen LogP contribution in [0.4, 0.5) is 19.0 Å². The Bertz CT molecular complexity index is 1770. The zero-order valence-electron chi connectivity index (χ0n) is 27.2. The van der Waals surface area contributed by atoms with Crippen LogP contribution in [0.1, 0.15) is 73.2 Å². The first kappa shape index (κ1) is 37.7. The Morgan fingerprint density at radius 3 is 2.27 bits per heavy atom. The van der Waals surface area contributed by atoms with E-state index in [1.165, 1.54) is 17.7 Å². The second kappa shape index (κ2) is 14.8. The van der Waals surface area contributed by atoms with Gasteiger partial charge in [0.15, 0.2) is 11.0 Å². The smallest absolute Gasteiger partial charge is 0.475 e. The Labute approximate surface area is 289 Å². The Balaban J connectivity index is 0.000000698. The van der Waals surface area contributed by atoms with Gasteiger partial charge in [0.25, 0.3) is 5.91 Å². The Morgan fingerprint density at radius 1 is 1.12 bits per heavy atom. The number of aliphatic carboxylic acids is 1. The molecule has 0 atom stereocenters. The number of hydrogen-bond acceptors (Lipinski definition) is 8.